The van der Waals surface area contributed by atoms with E-state index in [1.54, 1.807) is 0 Å². The van der Waals surface area contributed by atoms with Gasteiger partial charge in [0.25, 0.3) is 5.89 Å². The van der Waals surface area contributed by atoms with Gasteiger partial charge in [0, 0.05) is 32.7 Å². The largest absolute Gasteiger partial charge is 0.493 e. The zero-order chi connectivity index (χ0) is 17.9. The topological polar surface area (TPSA) is 83.7 Å². The molecule has 1 atom stereocenters. The maximum absolute atomic E-state index is 12.1. The Morgan fingerprint density at radius 3 is 3.04 bits per heavy atom. The zero-order valence-electron chi connectivity index (χ0n) is 14.9. The minimum Gasteiger partial charge on any atom is -0.493 e. The summed E-state index contributed by atoms with van der Waals surface area (Å²) < 4.78 is 11.7. The lowest BCUT2D eigenvalue weighted by atomic mass is 10.1. The molecular weight excluding hydrogens is 334 g/mol. The number of benzene rings is 1. The van der Waals surface area contributed by atoms with Crippen LogP contribution in [0.15, 0.2) is 28.7 Å². The maximum atomic E-state index is 12.1. The van der Waals surface area contributed by atoms with Crippen molar-refractivity contribution >= 4 is 11.9 Å². The standard InChI is InChI=1S/C18H23N5O3/c1-2-11-25-15-6-4-3-5-13(15)17-20-21-18(26-17)23-10-9-22-8-7-19-16(24)14(22)12-23/h3-6,14H,2,7-12H2,1H3,(H,19,24). The molecule has 1 unspecified atom stereocenters. The van der Waals surface area contributed by atoms with Gasteiger partial charge >= 0.3 is 6.01 Å². The molecule has 0 bridgehead atoms. The molecule has 2 aliphatic rings. The molecule has 2 aliphatic heterocycles. The van der Waals surface area contributed by atoms with E-state index in [2.05, 4.69) is 27.3 Å². The summed E-state index contributed by atoms with van der Waals surface area (Å²) in [6.45, 7) is 6.44. The number of nitrogens with one attached hydrogen (secondary N) is 1. The number of para-hydroxylation sites is 1. The van der Waals surface area contributed by atoms with E-state index < -0.39 is 0 Å². The van der Waals surface area contributed by atoms with Gasteiger partial charge < -0.3 is 19.4 Å². The Morgan fingerprint density at radius 2 is 2.15 bits per heavy atom. The van der Waals surface area contributed by atoms with Gasteiger partial charge in [-0.15, -0.1) is 5.10 Å². The van der Waals surface area contributed by atoms with E-state index >= 15 is 0 Å². The second-order valence-corrected chi connectivity index (χ2v) is 6.52. The van der Waals surface area contributed by atoms with Crippen molar-refractivity contribution in [2.75, 3.05) is 44.2 Å². The number of hydrogen-bond donors (Lipinski definition) is 1. The third kappa shape index (κ3) is 3.24. The average molecular weight is 357 g/mol. The van der Waals surface area contributed by atoms with Crippen LogP contribution in [0.3, 0.4) is 0 Å². The molecule has 0 saturated carbocycles. The van der Waals surface area contributed by atoms with Crippen LogP contribution >= 0.6 is 0 Å². The Kier molecular flexibility index (Phi) is 4.75. The second kappa shape index (κ2) is 7.33. The first-order valence-electron chi connectivity index (χ1n) is 9.08. The number of piperazine rings is 2. The fraction of sp³-hybridized carbons (Fsp3) is 0.500. The molecule has 8 heteroatoms. The summed E-state index contributed by atoms with van der Waals surface area (Å²) in [7, 11) is 0. The summed E-state index contributed by atoms with van der Waals surface area (Å²) in [5, 5.41) is 11.3. The number of carbonyl (C=O) groups is 1. The van der Waals surface area contributed by atoms with Gasteiger partial charge in [-0.2, -0.15) is 0 Å². The molecule has 26 heavy (non-hydrogen) atoms. The van der Waals surface area contributed by atoms with Crippen LogP contribution in [0.4, 0.5) is 6.01 Å². The first-order valence-corrected chi connectivity index (χ1v) is 9.08. The van der Waals surface area contributed by atoms with E-state index in [-0.39, 0.29) is 11.9 Å². The molecule has 0 aliphatic carbocycles. The lowest BCUT2D eigenvalue weighted by molar-refractivity contribution is -0.129. The highest BCUT2D eigenvalue weighted by Gasteiger charge is 2.36. The van der Waals surface area contributed by atoms with Crippen molar-refractivity contribution < 1.29 is 13.9 Å². The molecule has 0 spiro atoms. The van der Waals surface area contributed by atoms with E-state index in [1.807, 2.05) is 29.2 Å². The summed E-state index contributed by atoms with van der Waals surface area (Å²) in [6.07, 6.45) is 0.928. The summed E-state index contributed by atoms with van der Waals surface area (Å²) in [5.41, 5.74) is 0.786. The van der Waals surface area contributed by atoms with E-state index in [0.717, 1.165) is 37.4 Å². The third-order valence-electron chi connectivity index (χ3n) is 4.76. The van der Waals surface area contributed by atoms with Crippen LogP contribution < -0.4 is 15.0 Å². The van der Waals surface area contributed by atoms with Crippen molar-refractivity contribution in [1.82, 2.24) is 20.4 Å². The number of nitrogens with zero attached hydrogens (tertiary/aromatic N) is 4. The molecule has 1 aromatic heterocycles. The molecule has 3 heterocycles. The lowest BCUT2D eigenvalue weighted by Crippen LogP contribution is -2.64. The fourth-order valence-corrected chi connectivity index (χ4v) is 3.38. The molecule has 1 N–H and O–H groups in total. The quantitative estimate of drug-likeness (QED) is 0.859. The SMILES string of the molecule is CCCOc1ccccc1-c1nnc(N2CCN3CCNC(=O)C3C2)o1. The van der Waals surface area contributed by atoms with Crippen molar-refractivity contribution in [2.24, 2.45) is 0 Å². The van der Waals surface area contributed by atoms with Gasteiger partial charge in [0.1, 0.15) is 11.8 Å². The number of carbonyl (C=O) groups excluding carboxylic acids is 1. The minimum absolute atomic E-state index is 0.0685. The molecule has 4 rings (SSSR count). The van der Waals surface area contributed by atoms with Gasteiger partial charge in [-0.25, -0.2) is 0 Å². The van der Waals surface area contributed by atoms with Crippen LogP contribution in [-0.2, 0) is 4.79 Å². The smallest absolute Gasteiger partial charge is 0.318 e. The van der Waals surface area contributed by atoms with E-state index in [1.165, 1.54) is 0 Å². The van der Waals surface area contributed by atoms with Crippen LogP contribution in [0.2, 0.25) is 0 Å². The van der Waals surface area contributed by atoms with Gasteiger partial charge in [0.15, 0.2) is 0 Å². The Labute approximate surface area is 152 Å². The number of rotatable bonds is 5. The number of aromatic nitrogens is 2. The van der Waals surface area contributed by atoms with Gasteiger partial charge in [-0.05, 0) is 18.6 Å². The van der Waals surface area contributed by atoms with Gasteiger partial charge in [0.05, 0.1) is 12.2 Å². The second-order valence-electron chi connectivity index (χ2n) is 6.52. The molecule has 2 fully saturated rings. The molecule has 2 aromatic rings. The Bertz CT molecular complexity index is 778. The number of hydrogen-bond acceptors (Lipinski definition) is 7. The van der Waals surface area contributed by atoms with Crippen LogP contribution in [0.5, 0.6) is 5.75 Å². The van der Waals surface area contributed by atoms with Gasteiger partial charge in [0.2, 0.25) is 5.91 Å². The number of fused-ring (bicyclic) bond motifs is 1. The number of anilines is 1. The Balaban J connectivity index is 1.53. The molecule has 0 radical (unpaired) electrons. The highest BCUT2D eigenvalue weighted by Crippen LogP contribution is 2.31. The first-order chi connectivity index (χ1) is 12.8. The summed E-state index contributed by atoms with van der Waals surface area (Å²) >= 11 is 0. The molecule has 1 aromatic carbocycles. The molecule has 1 amide bonds. The molecular formula is C18H23N5O3. The monoisotopic (exact) mass is 357 g/mol. The minimum atomic E-state index is -0.159. The third-order valence-corrected chi connectivity index (χ3v) is 4.76. The van der Waals surface area contributed by atoms with Crippen molar-refractivity contribution in [3.05, 3.63) is 24.3 Å². The average Bonchev–Trinajstić information content (AvgIpc) is 3.17. The van der Waals surface area contributed by atoms with Crippen molar-refractivity contribution in [3.63, 3.8) is 0 Å². The zero-order valence-corrected chi connectivity index (χ0v) is 14.9. The number of amides is 1. The van der Waals surface area contributed by atoms with Crippen molar-refractivity contribution in [1.29, 1.82) is 0 Å². The van der Waals surface area contributed by atoms with Crippen molar-refractivity contribution in [2.45, 2.75) is 19.4 Å². The van der Waals surface area contributed by atoms with Crippen LogP contribution in [0.25, 0.3) is 11.5 Å². The summed E-state index contributed by atoms with van der Waals surface area (Å²) in [6, 6.07) is 7.95. The number of ether oxygens (including phenoxy) is 1. The lowest BCUT2D eigenvalue weighted by Gasteiger charge is -2.42. The predicted octanol–water partition coefficient (Wildman–Crippen LogP) is 1.15. The normalized spacial score (nSPS) is 20.6. The molecule has 2 saturated heterocycles. The van der Waals surface area contributed by atoms with E-state index in [9.17, 15) is 4.79 Å². The highest BCUT2D eigenvalue weighted by atomic mass is 16.5. The maximum Gasteiger partial charge on any atom is 0.318 e. The van der Waals surface area contributed by atoms with Crippen LogP contribution in [0.1, 0.15) is 13.3 Å². The van der Waals surface area contributed by atoms with Gasteiger partial charge in [-0.1, -0.05) is 24.2 Å². The van der Waals surface area contributed by atoms with Crippen LogP contribution in [0, 0.1) is 0 Å². The predicted molar refractivity (Wildman–Crippen MR) is 96.1 cm³/mol. The van der Waals surface area contributed by atoms with E-state index in [4.69, 9.17) is 9.15 Å². The first kappa shape index (κ1) is 16.8. The van der Waals surface area contributed by atoms with Gasteiger partial charge in [-0.3, -0.25) is 9.69 Å². The highest BCUT2D eigenvalue weighted by molar-refractivity contribution is 5.83. The Morgan fingerprint density at radius 1 is 1.27 bits per heavy atom. The van der Waals surface area contributed by atoms with Crippen LogP contribution in [-0.4, -0.2) is 66.4 Å². The molecule has 138 valence electrons. The fourth-order valence-electron chi connectivity index (χ4n) is 3.38. The van der Waals surface area contributed by atoms with Crippen molar-refractivity contribution in [3.8, 4) is 17.2 Å². The summed E-state index contributed by atoms with van der Waals surface area (Å²) in [4.78, 5) is 16.3. The van der Waals surface area contributed by atoms with E-state index in [0.29, 0.717) is 31.6 Å². The molecule has 8 nitrogen and oxygen atoms in total. The Hall–Kier alpha value is -2.61. The summed E-state index contributed by atoms with van der Waals surface area (Å²) in [5.74, 6) is 1.24.